The van der Waals surface area contributed by atoms with Crippen LogP contribution in [0.4, 0.5) is 5.13 Å². The first-order valence-electron chi connectivity index (χ1n) is 30.2. The Labute approximate surface area is 504 Å². The van der Waals surface area contributed by atoms with Gasteiger partial charge in [0, 0.05) is 31.4 Å². The number of ether oxygens (including phenoxy) is 10. The molecule has 0 saturated heterocycles. The average Bonchev–Trinajstić information content (AvgIpc) is 3.76. The van der Waals surface area contributed by atoms with Crippen LogP contribution in [0.1, 0.15) is 114 Å². The van der Waals surface area contributed by atoms with E-state index in [9.17, 15) is 19.2 Å². The number of hydrogen-bond acceptors (Lipinski definition) is 18. The summed E-state index contributed by atoms with van der Waals surface area (Å²) in [5.41, 5.74) is 2.82. The number of anilines is 1. The predicted molar refractivity (Wildman–Crippen MR) is 329 cm³/mol. The largest absolute Gasteiger partial charge is 0.494 e. The maximum atomic E-state index is 13.3. The van der Waals surface area contributed by atoms with Crippen molar-refractivity contribution in [2.24, 2.45) is 28.8 Å². The fraction of sp³-hybridized carbons (Fsp3) is 0.493. The van der Waals surface area contributed by atoms with Crippen LogP contribution in [0.3, 0.4) is 0 Å². The summed E-state index contributed by atoms with van der Waals surface area (Å²) in [6.07, 6.45) is 18.5. The third-order valence-electron chi connectivity index (χ3n) is 15.0. The van der Waals surface area contributed by atoms with Crippen molar-refractivity contribution in [3.63, 3.8) is 0 Å². The van der Waals surface area contributed by atoms with E-state index in [0.717, 1.165) is 128 Å². The lowest BCUT2D eigenvalue weighted by molar-refractivity contribution is -0.141. The van der Waals surface area contributed by atoms with Gasteiger partial charge in [-0.15, -0.1) is 0 Å². The van der Waals surface area contributed by atoms with Crippen LogP contribution in [0.25, 0.3) is 10.2 Å². The highest BCUT2D eigenvalue weighted by molar-refractivity contribution is 7.22. The summed E-state index contributed by atoms with van der Waals surface area (Å²) in [5, 5.41) is 7.66. The molecule has 2 saturated carbocycles. The molecule has 458 valence electrons. The highest BCUT2D eigenvalue weighted by Gasteiger charge is 2.30. The molecular formula is C67H85N3O14S. The van der Waals surface area contributed by atoms with E-state index in [1.165, 1.54) is 12.2 Å². The Morgan fingerprint density at radius 1 is 0.576 bits per heavy atom. The number of unbranched alkanes of at least 4 members (excludes halogenated alkanes) is 6. The number of aromatic nitrogens is 1. The number of methoxy groups -OCH3 is 1. The van der Waals surface area contributed by atoms with Crippen molar-refractivity contribution in [2.45, 2.75) is 109 Å². The fourth-order valence-corrected chi connectivity index (χ4v) is 11.0. The lowest BCUT2D eigenvalue weighted by Crippen LogP contribution is -2.27. The van der Waals surface area contributed by atoms with Gasteiger partial charge in [0.15, 0.2) is 0 Å². The Morgan fingerprint density at radius 3 is 1.67 bits per heavy atom. The summed E-state index contributed by atoms with van der Waals surface area (Å²) >= 11 is 1.57. The number of carbonyl (C=O) groups is 4. The number of para-hydroxylation sites is 1. The van der Waals surface area contributed by atoms with Crippen LogP contribution in [-0.2, 0) is 49.3 Å². The highest BCUT2D eigenvalue weighted by atomic mass is 32.1. The first kappa shape index (κ1) is 65.4. The number of benzene rings is 4. The first-order chi connectivity index (χ1) is 41.7. The van der Waals surface area contributed by atoms with E-state index in [1.807, 2.05) is 59.8 Å². The number of hydrazone groups is 1. The SMILES string of the molecule is C=CC(=O)OCCCCCCOc1ccc(OC(=O)C2CCC(COCCc3ccc(OCC4CCC(C(=O)Oc5ccc(OCCCCCCOC(=O)C=C)cc5)CC4)c(/C=N/N(CCOCCOC)c4nc5ccccc5s4)c3)CC2)cc1. The summed E-state index contributed by atoms with van der Waals surface area (Å²) in [4.78, 5) is 53.7. The summed E-state index contributed by atoms with van der Waals surface area (Å²) in [6.45, 7) is 12.3. The molecular weight excluding hydrogens is 1100 g/mol. The normalized spacial score (nSPS) is 16.8. The van der Waals surface area contributed by atoms with E-state index in [4.69, 9.17) is 57.5 Å². The molecule has 17 nitrogen and oxygen atoms in total. The number of nitrogens with zero attached hydrogens (tertiary/aromatic N) is 3. The van der Waals surface area contributed by atoms with Gasteiger partial charge in [0.1, 0.15) is 28.7 Å². The molecule has 1 aromatic heterocycles. The van der Waals surface area contributed by atoms with E-state index >= 15 is 0 Å². The van der Waals surface area contributed by atoms with Crippen LogP contribution in [0.2, 0.25) is 0 Å². The van der Waals surface area contributed by atoms with Crippen molar-refractivity contribution in [3.8, 4) is 28.7 Å². The van der Waals surface area contributed by atoms with Crippen molar-refractivity contribution in [2.75, 3.05) is 84.7 Å². The van der Waals surface area contributed by atoms with Gasteiger partial charge in [-0.05, 0) is 199 Å². The molecule has 2 aliphatic carbocycles. The minimum Gasteiger partial charge on any atom is -0.494 e. The average molecular weight is 1190 g/mol. The maximum absolute atomic E-state index is 13.3. The van der Waals surface area contributed by atoms with Crippen LogP contribution in [0.5, 0.6) is 28.7 Å². The number of hydrogen-bond donors (Lipinski definition) is 0. The molecule has 7 rings (SSSR count). The van der Waals surface area contributed by atoms with Gasteiger partial charge in [-0.2, -0.15) is 5.10 Å². The number of fused-ring (bicyclic) bond motifs is 1. The fourth-order valence-electron chi connectivity index (χ4n) is 10.0. The Balaban J connectivity index is 0.860. The first-order valence-corrected chi connectivity index (χ1v) is 31.0. The van der Waals surface area contributed by atoms with E-state index in [0.29, 0.717) is 115 Å². The molecule has 5 aromatic rings. The number of esters is 4. The second kappa shape index (κ2) is 37.3. The maximum Gasteiger partial charge on any atom is 0.330 e. The molecule has 0 atom stereocenters. The zero-order valence-electron chi connectivity index (χ0n) is 49.4. The quantitative estimate of drug-likeness (QED) is 0.00901. The Hall–Kier alpha value is -7.12. The van der Waals surface area contributed by atoms with E-state index < -0.39 is 11.9 Å². The molecule has 18 heteroatoms. The van der Waals surface area contributed by atoms with Crippen LogP contribution in [-0.4, -0.2) is 115 Å². The van der Waals surface area contributed by atoms with E-state index in [2.05, 4.69) is 31.4 Å². The molecule has 0 N–H and O–H groups in total. The van der Waals surface area contributed by atoms with Gasteiger partial charge < -0.3 is 47.4 Å². The van der Waals surface area contributed by atoms with Gasteiger partial charge in [-0.1, -0.05) is 42.7 Å². The minimum atomic E-state index is -0.396. The zero-order valence-corrected chi connectivity index (χ0v) is 50.2. The van der Waals surface area contributed by atoms with Crippen LogP contribution in [0, 0.1) is 23.7 Å². The van der Waals surface area contributed by atoms with Crippen LogP contribution >= 0.6 is 11.3 Å². The third-order valence-corrected chi connectivity index (χ3v) is 16.1. The molecule has 0 unspecified atom stereocenters. The van der Waals surface area contributed by atoms with Gasteiger partial charge in [0.25, 0.3) is 0 Å². The topological polar surface area (TPSA) is 189 Å². The van der Waals surface area contributed by atoms with Crippen molar-refractivity contribution < 1.29 is 66.5 Å². The smallest absolute Gasteiger partial charge is 0.330 e. The van der Waals surface area contributed by atoms with Gasteiger partial charge in [-0.3, -0.25) is 9.59 Å². The zero-order chi connectivity index (χ0) is 59.7. The van der Waals surface area contributed by atoms with Crippen molar-refractivity contribution >= 4 is 56.8 Å². The van der Waals surface area contributed by atoms with Crippen LogP contribution < -0.4 is 28.7 Å². The van der Waals surface area contributed by atoms with E-state index in [1.54, 1.807) is 42.7 Å². The Bertz CT molecular complexity index is 2810. The van der Waals surface area contributed by atoms with Crippen LogP contribution in [0.15, 0.2) is 121 Å². The lowest BCUT2D eigenvalue weighted by Gasteiger charge is -2.27. The molecule has 1 heterocycles. The highest BCUT2D eigenvalue weighted by Crippen LogP contribution is 2.34. The predicted octanol–water partition coefficient (Wildman–Crippen LogP) is 12.9. The monoisotopic (exact) mass is 1190 g/mol. The summed E-state index contributed by atoms with van der Waals surface area (Å²) in [7, 11) is 1.65. The summed E-state index contributed by atoms with van der Waals surface area (Å²) in [6, 6.07) is 28.7. The molecule has 2 aliphatic rings. The van der Waals surface area contributed by atoms with Gasteiger partial charge >= 0.3 is 23.9 Å². The Kier molecular flexibility index (Phi) is 28.7. The minimum absolute atomic E-state index is 0.152. The number of rotatable bonds is 39. The van der Waals surface area contributed by atoms with Gasteiger partial charge in [0.2, 0.25) is 5.13 Å². The lowest BCUT2D eigenvalue weighted by atomic mass is 9.82. The molecule has 85 heavy (non-hydrogen) atoms. The molecule has 0 spiro atoms. The van der Waals surface area contributed by atoms with Gasteiger partial charge in [0.05, 0.1) is 94.3 Å². The molecule has 0 aliphatic heterocycles. The second-order valence-corrected chi connectivity index (χ2v) is 22.4. The molecule has 2 fully saturated rings. The molecule has 0 radical (unpaired) electrons. The van der Waals surface area contributed by atoms with Crippen molar-refractivity contribution in [1.29, 1.82) is 0 Å². The standard InChI is InChI=1S/C67H85N3O14S/c1-4-63(71)80-40-14-8-6-12-38-78-56-27-31-58(32-28-56)83-65(73)53-23-18-51(19-24-53)48-77-42-36-50-22-35-61(55(46-50)47-68-70(37-43-76-45-44-75-3)67-69-60-16-10-11-17-62(60)85-67)82-49-52-20-25-54(26-21-52)66(74)84-59-33-29-57(30-34-59)79-39-13-7-9-15-41-81-64(72)5-2/h4-5,10-11,16-17,22,27-35,46-47,51-54H,1-2,6-9,12-15,18-21,23-26,36-45,48-49H2,3H3/b68-47+. The molecule has 0 bridgehead atoms. The summed E-state index contributed by atoms with van der Waals surface area (Å²) in [5.74, 6) is 2.24. The second-order valence-electron chi connectivity index (χ2n) is 21.4. The number of thiazole rings is 1. The Morgan fingerprint density at radius 2 is 1.12 bits per heavy atom. The van der Waals surface area contributed by atoms with Crippen molar-refractivity contribution in [3.05, 3.63) is 127 Å². The molecule has 0 amide bonds. The van der Waals surface area contributed by atoms with E-state index in [-0.39, 0.29) is 29.7 Å². The third kappa shape index (κ3) is 23.7. The van der Waals surface area contributed by atoms with Gasteiger partial charge in [-0.25, -0.2) is 19.6 Å². The summed E-state index contributed by atoms with van der Waals surface area (Å²) < 4.78 is 58.4. The molecule has 4 aromatic carbocycles. The number of carbonyl (C=O) groups excluding carboxylic acids is 4. The van der Waals surface area contributed by atoms with Crippen molar-refractivity contribution in [1.82, 2.24) is 4.98 Å².